The molecule has 0 spiro atoms. The van der Waals surface area contributed by atoms with Crippen molar-refractivity contribution < 1.29 is 17.4 Å². The summed E-state index contributed by atoms with van der Waals surface area (Å²) in [5, 5.41) is 0. The summed E-state index contributed by atoms with van der Waals surface area (Å²) < 4.78 is 44.2. The van der Waals surface area contributed by atoms with E-state index in [1.807, 2.05) is 0 Å². The summed E-state index contributed by atoms with van der Waals surface area (Å²) in [5.41, 5.74) is 0. The third-order valence-electron chi connectivity index (χ3n) is 1.16. The monoisotopic (exact) mass is 253 g/mol. The smallest absolute Gasteiger partial charge is 0.205 e. The van der Waals surface area contributed by atoms with Crippen LogP contribution in [0.25, 0.3) is 0 Å². The summed E-state index contributed by atoms with van der Waals surface area (Å²) in [5.74, 6) is -1.04. The van der Waals surface area contributed by atoms with Gasteiger partial charge in [0.25, 0.3) is 0 Å². The van der Waals surface area contributed by atoms with Gasteiger partial charge in [0, 0.05) is 4.47 Å². The van der Waals surface area contributed by atoms with Crippen molar-refractivity contribution in [1.82, 2.24) is 0 Å². The SMILES string of the molecule is [O]S(=O)(=O)c1ccc(Br)cc1F. The maximum absolute atomic E-state index is 12.7. The van der Waals surface area contributed by atoms with Crippen LogP contribution in [0.3, 0.4) is 0 Å². The number of hydrogen-bond acceptors (Lipinski definition) is 2. The zero-order valence-electron chi connectivity index (χ0n) is 5.62. The van der Waals surface area contributed by atoms with Crippen molar-refractivity contribution >= 4 is 26.0 Å². The lowest BCUT2D eigenvalue weighted by Crippen LogP contribution is -1.99. The molecular weight excluding hydrogens is 251 g/mol. The summed E-state index contributed by atoms with van der Waals surface area (Å²) in [7, 11) is -4.70. The van der Waals surface area contributed by atoms with Crippen LogP contribution in [0.5, 0.6) is 0 Å². The van der Waals surface area contributed by atoms with E-state index in [9.17, 15) is 17.4 Å². The van der Waals surface area contributed by atoms with Crippen LogP contribution in [0, 0.1) is 5.82 Å². The highest BCUT2D eigenvalue weighted by Crippen LogP contribution is 2.18. The van der Waals surface area contributed by atoms with Gasteiger partial charge in [-0.15, -0.1) is 0 Å². The quantitative estimate of drug-likeness (QED) is 0.765. The fourth-order valence-corrected chi connectivity index (χ4v) is 1.54. The van der Waals surface area contributed by atoms with Gasteiger partial charge in [-0.1, -0.05) is 20.5 Å². The van der Waals surface area contributed by atoms with Gasteiger partial charge >= 0.3 is 10.1 Å². The van der Waals surface area contributed by atoms with E-state index in [0.717, 1.165) is 12.1 Å². The van der Waals surface area contributed by atoms with Crippen LogP contribution >= 0.6 is 15.9 Å². The molecule has 0 bridgehead atoms. The van der Waals surface area contributed by atoms with Crippen molar-refractivity contribution in [2.45, 2.75) is 4.90 Å². The second-order valence-corrected chi connectivity index (χ2v) is 4.29. The van der Waals surface area contributed by atoms with Crippen LogP contribution in [0.4, 0.5) is 4.39 Å². The maximum Gasteiger partial charge on any atom is 0.327 e. The average Bonchev–Trinajstić information content (AvgIpc) is 1.83. The van der Waals surface area contributed by atoms with Crippen LogP contribution in [0.15, 0.2) is 27.6 Å². The lowest BCUT2D eigenvalue weighted by molar-refractivity contribution is 0.409. The van der Waals surface area contributed by atoms with Crippen LogP contribution < -0.4 is 0 Å². The van der Waals surface area contributed by atoms with Crippen molar-refractivity contribution in [3.8, 4) is 0 Å². The minimum atomic E-state index is -4.70. The molecule has 0 aliphatic carbocycles. The first kappa shape index (κ1) is 9.63. The molecule has 0 N–H and O–H groups in total. The molecule has 1 aromatic rings. The molecule has 6 heteroatoms. The Labute approximate surface area is 77.1 Å². The highest BCUT2D eigenvalue weighted by Gasteiger charge is 2.16. The molecule has 3 nitrogen and oxygen atoms in total. The minimum Gasteiger partial charge on any atom is -0.205 e. The van der Waals surface area contributed by atoms with Gasteiger partial charge in [-0.25, -0.2) is 4.39 Å². The van der Waals surface area contributed by atoms with Crippen molar-refractivity contribution in [3.63, 3.8) is 0 Å². The Hall–Kier alpha value is -0.460. The largest absolute Gasteiger partial charge is 0.327 e. The predicted molar refractivity (Wildman–Crippen MR) is 42.0 cm³/mol. The van der Waals surface area contributed by atoms with E-state index >= 15 is 0 Å². The van der Waals surface area contributed by atoms with E-state index in [4.69, 9.17) is 0 Å². The minimum absolute atomic E-state index is 0.382. The highest BCUT2D eigenvalue weighted by atomic mass is 79.9. The normalized spacial score (nSPS) is 11.6. The standard InChI is InChI=1S/C6H3BrFO3S/c7-4-1-2-6(5(8)3-4)12(9,10)11/h1-3H. The number of rotatable bonds is 1. The molecular formula is C6H3BrFO3S. The molecule has 65 valence electrons. The fourth-order valence-electron chi connectivity index (χ4n) is 0.678. The Kier molecular flexibility index (Phi) is 2.50. The lowest BCUT2D eigenvalue weighted by atomic mass is 10.3. The van der Waals surface area contributed by atoms with Crippen LogP contribution in [-0.4, -0.2) is 8.42 Å². The zero-order valence-corrected chi connectivity index (χ0v) is 8.02. The van der Waals surface area contributed by atoms with E-state index in [1.54, 1.807) is 0 Å². The average molecular weight is 254 g/mol. The summed E-state index contributed by atoms with van der Waals surface area (Å²) in [4.78, 5) is -0.828. The Morgan fingerprint density at radius 3 is 2.33 bits per heavy atom. The first-order valence-corrected chi connectivity index (χ1v) is 5.02. The van der Waals surface area contributed by atoms with Crippen molar-refractivity contribution in [1.29, 1.82) is 0 Å². The molecule has 0 atom stereocenters. The van der Waals surface area contributed by atoms with Gasteiger partial charge in [-0.05, 0) is 18.2 Å². The van der Waals surface area contributed by atoms with Gasteiger partial charge in [-0.3, -0.25) is 0 Å². The second kappa shape index (κ2) is 3.12. The zero-order chi connectivity index (χ0) is 9.35. The summed E-state index contributed by atoms with van der Waals surface area (Å²) in [6.07, 6.45) is 0. The Balaban J connectivity index is 3.39. The molecule has 1 aromatic carbocycles. The van der Waals surface area contributed by atoms with Gasteiger partial charge in [0.2, 0.25) is 0 Å². The number of halogens is 2. The van der Waals surface area contributed by atoms with E-state index < -0.39 is 20.8 Å². The first-order chi connectivity index (χ1) is 5.41. The van der Waals surface area contributed by atoms with E-state index in [0.29, 0.717) is 4.47 Å². The number of benzene rings is 1. The first-order valence-electron chi connectivity index (χ1n) is 2.82. The molecule has 0 aliphatic rings. The molecule has 0 saturated heterocycles. The molecule has 12 heavy (non-hydrogen) atoms. The summed E-state index contributed by atoms with van der Waals surface area (Å²) in [6, 6.07) is 3.13. The van der Waals surface area contributed by atoms with Gasteiger partial charge in [0.15, 0.2) is 0 Å². The molecule has 0 unspecified atom stereocenters. The van der Waals surface area contributed by atoms with Crippen molar-refractivity contribution in [3.05, 3.63) is 28.5 Å². The van der Waals surface area contributed by atoms with E-state index in [1.165, 1.54) is 6.07 Å². The second-order valence-electron chi connectivity index (χ2n) is 2.03. The molecule has 1 rings (SSSR count). The molecule has 0 amide bonds. The Bertz CT molecular complexity index is 401. The number of hydrogen-bond donors (Lipinski definition) is 0. The maximum atomic E-state index is 12.7. The van der Waals surface area contributed by atoms with Gasteiger partial charge < -0.3 is 0 Å². The molecule has 0 aliphatic heterocycles. The van der Waals surface area contributed by atoms with Gasteiger partial charge in [0.1, 0.15) is 10.7 Å². The molecule has 0 saturated carbocycles. The highest BCUT2D eigenvalue weighted by molar-refractivity contribution is 9.10. The fraction of sp³-hybridized carbons (Fsp3) is 0. The predicted octanol–water partition coefficient (Wildman–Crippen LogP) is 1.71. The molecule has 0 heterocycles. The third-order valence-corrected chi connectivity index (χ3v) is 2.53. The molecule has 0 aromatic heterocycles. The third kappa shape index (κ3) is 2.02. The molecule has 1 radical (unpaired) electrons. The summed E-state index contributed by atoms with van der Waals surface area (Å²) >= 11 is 2.93. The Morgan fingerprint density at radius 2 is 1.92 bits per heavy atom. The summed E-state index contributed by atoms with van der Waals surface area (Å²) in [6.45, 7) is 0. The van der Waals surface area contributed by atoms with Crippen molar-refractivity contribution in [2.24, 2.45) is 0 Å². The molecule has 0 fully saturated rings. The lowest BCUT2D eigenvalue weighted by Gasteiger charge is -1.96. The van der Waals surface area contributed by atoms with Crippen LogP contribution in [-0.2, 0) is 14.7 Å². The van der Waals surface area contributed by atoms with E-state index in [2.05, 4.69) is 15.9 Å². The van der Waals surface area contributed by atoms with Gasteiger partial charge in [-0.2, -0.15) is 8.42 Å². The van der Waals surface area contributed by atoms with Crippen molar-refractivity contribution in [2.75, 3.05) is 0 Å². The van der Waals surface area contributed by atoms with E-state index in [-0.39, 0.29) is 0 Å². The Morgan fingerprint density at radius 1 is 1.33 bits per heavy atom. The van der Waals surface area contributed by atoms with Crippen LogP contribution in [0.2, 0.25) is 0 Å². The van der Waals surface area contributed by atoms with Gasteiger partial charge in [0.05, 0.1) is 0 Å². The van der Waals surface area contributed by atoms with Crippen LogP contribution in [0.1, 0.15) is 0 Å². The topological polar surface area (TPSA) is 54.0 Å².